The maximum Gasteiger partial charge on any atom is 0.417 e. The van der Waals surface area contributed by atoms with Crippen LogP contribution in [0.15, 0.2) is 53.6 Å². The van der Waals surface area contributed by atoms with Crippen molar-refractivity contribution in [2.24, 2.45) is 0 Å². The van der Waals surface area contributed by atoms with Crippen molar-refractivity contribution in [2.75, 3.05) is 9.44 Å². The molecular weight excluding hydrogens is 578 g/mol. The number of ketones is 1. The number of nitrogens with one attached hydrogen (secondary N) is 2. The van der Waals surface area contributed by atoms with Crippen LogP contribution in [0.3, 0.4) is 0 Å². The zero-order valence-corrected chi connectivity index (χ0v) is 20.6. The molecule has 3 rings (SSSR count). The summed E-state index contributed by atoms with van der Waals surface area (Å²) in [5.74, 6) is -1.01. The van der Waals surface area contributed by atoms with Crippen molar-refractivity contribution < 1.29 is 35.1 Å². The number of anilines is 2. The molecule has 0 amide bonds. The highest BCUT2D eigenvalue weighted by molar-refractivity contribution is 7.92. The fraction of sp³-hybridized carbons (Fsp3) is 0.0526. The minimum atomic E-state index is -4.93. The Morgan fingerprint density at radius 3 is 2.34 bits per heavy atom. The summed E-state index contributed by atoms with van der Waals surface area (Å²) in [6, 6.07) is 6.76. The Balaban J connectivity index is 2.10. The summed E-state index contributed by atoms with van der Waals surface area (Å²) in [5.41, 5.74) is -3.04. The lowest BCUT2D eigenvalue weighted by Crippen LogP contribution is -2.19. The largest absolute Gasteiger partial charge is 0.755 e. The summed E-state index contributed by atoms with van der Waals surface area (Å²) in [6.07, 6.45) is -3.93. The van der Waals surface area contributed by atoms with Gasteiger partial charge in [0.1, 0.15) is 5.69 Å². The summed E-state index contributed by atoms with van der Waals surface area (Å²) in [4.78, 5) is 16.2. The Morgan fingerprint density at radius 1 is 1.03 bits per heavy atom. The van der Waals surface area contributed by atoms with Crippen LogP contribution in [0.2, 0.25) is 15.1 Å². The molecule has 0 saturated heterocycles. The van der Waals surface area contributed by atoms with Crippen molar-refractivity contribution in [1.82, 2.24) is 4.98 Å². The van der Waals surface area contributed by atoms with Crippen LogP contribution in [0.1, 0.15) is 21.6 Å². The van der Waals surface area contributed by atoms with E-state index in [-0.39, 0.29) is 21.3 Å². The lowest BCUT2D eigenvalue weighted by molar-refractivity contribution is -0.137. The monoisotopic (exact) mass is 586 g/mol. The van der Waals surface area contributed by atoms with Crippen LogP contribution in [0.5, 0.6) is 0 Å². The van der Waals surface area contributed by atoms with Crippen molar-refractivity contribution in [1.29, 1.82) is 0 Å². The smallest absolute Gasteiger partial charge is 0.417 e. The lowest BCUT2D eigenvalue weighted by Gasteiger charge is -2.16. The van der Waals surface area contributed by atoms with Gasteiger partial charge in [0.25, 0.3) is 10.0 Å². The van der Waals surface area contributed by atoms with Gasteiger partial charge in [-0.1, -0.05) is 40.9 Å². The number of sulfonamides is 1. The van der Waals surface area contributed by atoms with Crippen molar-refractivity contribution in [3.63, 3.8) is 0 Å². The number of benzene rings is 2. The molecule has 0 saturated carbocycles. The predicted octanol–water partition coefficient (Wildman–Crippen LogP) is 5.30. The second-order valence-corrected chi connectivity index (χ2v) is 10.2. The quantitative estimate of drug-likeness (QED) is 0.285. The van der Waals surface area contributed by atoms with Crippen molar-refractivity contribution in [3.8, 4) is 0 Å². The van der Waals surface area contributed by atoms with Gasteiger partial charge in [0.15, 0.2) is 0 Å². The molecule has 0 spiro atoms. The molecule has 1 unspecified atom stereocenters. The molecule has 0 radical (unpaired) electrons. The molecule has 16 heteroatoms. The summed E-state index contributed by atoms with van der Waals surface area (Å²) in [7, 11) is -4.71. The first kappa shape index (κ1) is 27.2. The number of nitrogens with zero attached hydrogens (tertiary/aromatic N) is 1. The topological polar surface area (TPSA) is 128 Å². The summed E-state index contributed by atoms with van der Waals surface area (Å²) >= 11 is 14.7. The van der Waals surface area contributed by atoms with E-state index in [1.165, 1.54) is 18.2 Å². The first-order valence-corrected chi connectivity index (χ1v) is 12.6. The van der Waals surface area contributed by atoms with Gasteiger partial charge >= 0.3 is 6.18 Å². The summed E-state index contributed by atoms with van der Waals surface area (Å²) in [6.45, 7) is 0. The molecule has 2 N–H and O–H groups in total. The number of hydrogen-bond donors (Lipinski definition) is 2. The number of carbonyl (C=O) groups excluding carboxylic acids is 1. The molecule has 1 aromatic heterocycles. The average molecular weight is 588 g/mol. The minimum absolute atomic E-state index is 0.121. The van der Waals surface area contributed by atoms with Crippen LogP contribution in [0.25, 0.3) is 0 Å². The fourth-order valence-electron chi connectivity index (χ4n) is 2.84. The number of rotatable bonds is 7. The van der Waals surface area contributed by atoms with Crippen molar-refractivity contribution in [3.05, 3.63) is 80.6 Å². The molecule has 0 aliphatic heterocycles. The summed E-state index contributed by atoms with van der Waals surface area (Å²) in [5, 5.41) is -1.03. The van der Waals surface area contributed by atoms with E-state index < -0.39 is 60.1 Å². The standard InChI is InChI=1S/C19H11Cl3F3N3O5S2/c20-9-6-15(28-35(32,33)10-4-5-12(21)11(7-10)19(23,24)25)17(26-8-9)18(29)16-13(22)2-1-3-14(16)27-34(30)31/h1-8,27-28H,(H,30,31)/p-1. The van der Waals surface area contributed by atoms with E-state index in [4.69, 9.17) is 34.8 Å². The molecule has 8 nitrogen and oxygen atoms in total. The van der Waals surface area contributed by atoms with Gasteiger partial charge in [-0.25, -0.2) is 13.4 Å². The number of pyridine rings is 1. The Hall–Kier alpha value is -2.42. The normalized spacial score (nSPS) is 12.8. The van der Waals surface area contributed by atoms with Crippen molar-refractivity contribution >= 4 is 73.3 Å². The number of hydrogen-bond acceptors (Lipinski definition) is 6. The van der Waals surface area contributed by atoms with Gasteiger partial charge in [0, 0.05) is 17.5 Å². The number of carbonyl (C=O) groups is 1. The van der Waals surface area contributed by atoms with Gasteiger partial charge in [-0.15, -0.1) is 0 Å². The Morgan fingerprint density at radius 2 is 1.71 bits per heavy atom. The highest BCUT2D eigenvalue weighted by atomic mass is 35.5. The maximum absolute atomic E-state index is 13.2. The van der Waals surface area contributed by atoms with Gasteiger partial charge < -0.3 is 9.27 Å². The highest BCUT2D eigenvalue weighted by Gasteiger charge is 2.35. The molecule has 0 aliphatic rings. The fourth-order valence-corrected chi connectivity index (χ4v) is 4.91. The molecule has 1 heterocycles. The molecule has 186 valence electrons. The first-order valence-electron chi connectivity index (χ1n) is 8.95. The van der Waals surface area contributed by atoms with E-state index in [0.717, 1.165) is 24.4 Å². The second-order valence-electron chi connectivity index (χ2n) is 6.62. The van der Waals surface area contributed by atoms with Gasteiger partial charge in [-0.3, -0.25) is 13.7 Å². The molecule has 35 heavy (non-hydrogen) atoms. The van der Waals surface area contributed by atoms with Gasteiger partial charge in [-0.2, -0.15) is 13.2 Å². The van der Waals surface area contributed by atoms with Crippen LogP contribution in [0, 0.1) is 0 Å². The van der Waals surface area contributed by atoms with E-state index in [0.29, 0.717) is 6.07 Å². The lowest BCUT2D eigenvalue weighted by atomic mass is 10.0. The predicted molar refractivity (Wildman–Crippen MR) is 124 cm³/mol. The Kier molecular flexibility index (Phi) is 7.99. The molecule has 2 aromatic carbocycles. The SMILES string of the molecule is O=C(c1ncc(Cl)cc1NS(=O)(=O)c1ccc(Cl)c(C(F)(F)F)c1)c1c(Cl)cccc1NS(=O)[O-]. The number of alkyl halides is 3. The van der Waals surface area contributed by atoms with E-state index >= 15 is 0 Å². The molecule has 1 atom stereocenters. The average Bonchev–Trinajstić information content (AvgIpc) is 2.72. The first-order chi connectivity index (χ1) is 16.2. The summed E-state index contributed by atoms with van der Waals surface area (Å²) < 4.78 is 91.5. The zero-order chi connectivity index (χ0) is 26.1. The van der Waals surface area contributed by atoms with Crippen molar-refractivity contribution in [2.45, 2.75) is 11.1 Å². The zero-order valence-electron chi connectivity index (χ0n) is 16.7. The van der Waals surface area contributed by atoms with Crippen LogP contribution < -0.4 is 9.44 Å². The van der Waals surface area contributed by atoms with E-state index in [1.54, 1.807) is 0 Å². The number of aromatic nitrogens is 1. The van der Waals surface area contributed by atoms with Crippen LogP contribution in [-0.2, 0) is 27.5 Å². The molecule has 3 aromatic rings. The molecular formula is C19H10Cl3F3N3O5S2-. The van der Waals surface area contributed by atoms with Gasteiger partial charge in [-0.05, 0) is 36.4 Å². The van der Waals surface area contributed by atoms with E-state index in [9.17, 15) is 35.1 Å². The van der Waals surface area contributed by atoms with E-state index in [2.05, 4.69) is 4.98 Å². The maximum atomic E-state index is 13.2. The number of halogens is 6. The van der Waals surface area contributed by atoms with Crippen LogP contribution in [-0.4, -0.2) is 27.9 Å². The van der Waals surface area contributed by atoms with Gasteiger partial charge in [0.2, 0.25) is 5.78 Å². The Labute approximate surface area is 213 Å². The third kappa shape index (κ3) is 6.23. The molecule has 0 fully saturated rings. The second kappa shape index (κ2) is 10.3. The third-order valence-corrected chi connectivity index (χ3v) is 6.90. The van der Waals surface area contributed by atoms with Gasteiger partial charge in [0.05, 0.1) is 42.5 Å². The van der Waals surface area contributed by atoms with Crippen LogP contribution in [0.4, 0.5) is 24.5 Å². The Bertz CT molecular complexity index is 1450. The molecule has 0 aliphatic carbocycles. The van der Waals surface area contributed by atoms with Crippen LogP contribution >= 0.6 is 34.8 Å². The third-order valence-electron chi connectivity index (χ3n) is 4.30. The molecule has 0 bridgehead atoms. The highest BCUT2D eigenvalue weighted by Crippen LogP contribution is 2.37. The minimum Gasteiger partial charge on any atom is -0.755 e. The van der Waals surface area contributed by atoms with E-state index in [1.807, 2.05) is 9.44 Å².